The minimum atomic E-state index is -1.24. The minimum absolute atomic E-state index is 0.147. The van der Waals surface area contributed by atoms with E-state index in [2.05, 4.69) is 10.6 Å². The molecule has 4 N–H and O–H groups in total. The highest BCUT2D eigenvalue weighted by Gasteiger charge is 2.38. The van der Waals surface area contributed by atoms with Crippen molar-refractivity contribution in [3.63, 3.8) is 0 Å². The first-order valence-electron chi connectivity index (χ1n) is 9.76. The van der Waals surface area contributed by atoms with Crippen molar-refractivity contribution >= 4 is 17.4 Å². The number of amides is 1. The molecule has 1 aliphatic heterocycles. The zero-order chi connectivity index (χ0) is 21.1. The molecule has 0 spiro atoms. The van der Waals surface area contributed by atoms with Gasteiger partial charge in [-0.2, -0.15) is 0 Å². The van der Waals surface area contributed by atoms with E-state index < -0.39 is 11.9 Å². The number of aliphatic hydroxyl groups excluding tert-OH is 1. The number of ketones is 1. The number of nitrogens with one attached hydrogen (secondary N) is 2. The summed E-state index contributed by atoms with van der Waals surface area (Å²) >= 11 is 0. The first-order chi connectivity index (χ1) is 14.6. The Hall–Kier alpha value is -3.36. The molecule has 30 heavy (non-hydrogen) atoms. The van der Waals surface area contributed by atoms with Crippen LogP contribution in [0.3, 0.4) is 0 Å². The largest absolute Gasteiger partial charge is 0.505 e. The van der Waals surface area contributed by atoms with Gasteiger partial charge in [0.2, 0.25) is 5.78 Å². The average Bonchev–Trinajstić information content (AvgIpc) is 2.80. The molecule has 1 amide bonds. The molecule has 1 fully saturated rings. The van der Waals surface area contributed by atoms with Crippen LogP contribution in [0.4, 0.5) is 5.69 Å². The van der Waals surface area contributed by atoms with Crippen molar-refractivity contribution in [1.29, 1.82) is 0 Å². The second-order valence-corrected chi connectivity index (χ2v) is 7.13. The second-order valence-electron chi connectivity index (χ2n) is 7.13. The summed E-state index contributed by atoms with van der Waals surface area (Å²) in [4.78, 5) is 26.5. The average molecular weight is 409 g/mol. The van der Waals surface area contributed by atoms with E-state index in [-0.39, 0.29) is 28.6 Å². The smallest absolute Gasteiger partial charge is 0.257 e. The predicted molar refractivity (Wildman–Crippen MR) is 110 cm³/mol. The van der Waals surface area contributed by atoms with E-state index >= 15 is 0 Å². The van der Waals surface area contributed by atoms with Gasteiger partial charge in [-0.15, -0.1) is 0 Å². The number of nitrogens with zero attached hydrogens (tertiary/aromatic N) is 1. The predicted octanol–water partition coefficient (Wildman–Crippen LogP) is 1.22. The molecule has 8 nitrogen and oxygen atoms in total. The number of morpholine rings is 1. The maximum absolute atomic E-state index is 12.7. The Kier molecular flexibility index (Phi) is 5.69. The highest BCUT2D eigenvalue weighted by Crippen LogP contribution is 2.33. The lowest BCUT2D eigenvalue weighted by Crippen LogP contribution is -2.45. The molecule has 1 aliphatic carbocycles. The van der Waals surface area contributed by atoms with Gasteiger partial charge in [0.15, 0.2) is 11.9 Å². The molecule has 1 atom stereocenters. The van der Waals surface area contributed by atoms with Gasteiger partial charge in [-0.1, -0.05) is 36.4 Å². The number of ether oxygens (including phenoxy) is 1. The van der Waals surface area contributed by atoms with E-state index in [9.17, 15) is 19.8 Å². The van der Waals surface area contributed by atoms with Crippen LogP contribution in [0.15, 0.2) is 59.9 Å². The van der Waals surface area contributed by atoms with E-state index in [0.717, 1.165) is 5.56 Å². The van der Waals surface area contributed by atoms with Crippen molar-refractivity contribution in [3.8, 4) is 5.75 Å². The Morgan fingerprint density at radius 1 is 1.10 bits per heavy atom. The molecule has 0 radical (unpaired) electrons. The molecule has 1 heterocycles. The quantitative estimate of drug-likeness (QED) is 0.531. The van der Waals surface area contributed by atoms with Gasteiger partial charge in [-0.3, -0.25) is 9.59 Å². The Balaban J connectivity index is 1.53. The normalized spacial score (nSPS) is 18.8. The Morgan fingerprint density at radius 3 is 2.57 bits per heavy atom. The highest BCUT2D eigenvalue weighted by molar-refractivity contribution is 6.11. The number of hydrogen-bond donors (Lipinski definition) is 4. The van der Waals surface area contributed by atoms with Gasteiger partial charge in [-0.05, 0) is 17.7 Å². The van der Waals surface area contributed by atoms with Crippen LogP contribution in [0.25, 0.3) is 0 Å². The van der Waals surface area contributed by atoms with Crippen LogP contribution < -0.4 is 10.6 Å². The monoisotopic (exact) mass is 409 g/mol. The maximum atomic E-state index is 12.7. The molecule has 4 rings (SSSR count). The molecule has 8 heteroatoms. The van der Waals surface area contributed by atoms with Crippen LogP contribution in [0.2, 0.25) is 0 Å². The van der Waals surface area contributed by atoms with E-state index in [1.165, 1.54) is 0 Å². The number of hydrogen-bond acceptors (Lipinski definition) is 7. The van der Waals surface area contributed by atoms with Crippen LogP contribution in [0.1, 0.15) is 15.9 Å². The molecular weight excluding hydrogens is 386 g/mol. The SMILES string of the molecule is O=C1C(Nc2cccc(C(=O)N3CCOCC3)c2O)=C(NCc2ccccc2)C1O. The van der Waals surface area contributed by atoms with Crippen molar-refractivity contribution in [3.05, 3.63) is 71.1 Å². The number of carbonyl (C=O) groups is 2. The number of anilines is 1. The number of phenols is 1. The van der Waals surface area contributed by atoms with Crippen molar-refractivity contribution in [1.82, 2.24) is 10.2 Å². The first-order valence-corrected chi connectivity index (χ1v) is 9.76. The summed E-state index contributed by atoms with van der Waals surface area (Å²) in [5, 5.41) is 26.6. The van der Waals surface area contributed by atoms with Gasteiger partial charge in [-0.25, -0.2) is 0 Å². The summed E-state index contributed by atoms with van der Waals surface area (Å²) in [5.41, 5.74) is 1.90. The third-order valence-electron chi connectivity index (χ3n) is 5.19. The molecule has 2 aromatic rings. The van der Waals surface area contributed by atoms with Gasteiger partial charge >= 0.3 is 0 Å². The third kappa shape index (κ3) is 3.87. The van der Waals surface area contributed by atoms with Gasteiger partial charge in [0.25, 0.3) is 5.91 Å². The third-order valence-corrected chi connectivity index (χ3v) is 5.19. The Morgan fingerprint density at radius 2 is 1.83 bits per heavy atom. The zero-order valence-corrected chi connectivity index (χ0v) is 16.3. The fraction of sp³-hybridized carbons (Fsp3) is 0.273. The number of Topliss-reactive ketones (excluding diaryl/α,β-unsaturated/α-hetero) is 1. The number of rotatable bonds is 6. The van der Waals surface area contributed by atoms with Crippen LogP contribution in [0.5, 0.6) is 5.75 Å². The number of benzene rings is 2. The summed E-state index contributed by atoms with van der Waals surface area (Å²) in [7, 11) is 0. The van der Waals surface area contributed by atoms with Crippen molar-refractivity contribution in [2.75, 3.05) is 31.6 Å². The number of para-hydroxylation sites is 1. The molecule has 2 aromatic carbocycles. The summed E-state index contributed by atoms with van der Waals surface area (Å²) in [6.45, 7) is 2.27. The van der Waals surface area contributed by atoms with Crippen LogP contribution in [0, 0.1) is 0 Å². The molecule has 0 saturated carbocycles. The molecule has 156 valence electrons. The lowest BCUT2D eigenvalue weighted by molar-refractivity contribution is -0.124. The number of aromatic hydroxyl groups is 1. The number of carbonyl (C=O) groups excluding carboxylic acids is 2. The van der Waals surface area contributed by atoms with Gasteiger partial charge in [0.1, 0.15) is 5.70 Å². The molecular formula is C22H23N3O5. The van der Waals surface area contributed by atoms with Gasteiger partial charge in [0.05, 0.1) is 30.2 Å². The maximum Gasteiger partial charge on any atom is 0.257 e. The van der Waals surface area contributed by atoms with Crippen molar-refractivity contribution in [2.45, 2.75) is 12.6 Å². The van der Waals surface area contributed by atoms with E-state index in [0.29, 0.717) is 38.5 Å². The molecule has 0 bridgehead atoms. The van der Waals surface area contributed by atoms with Crippen LogP contribution in [-0.2, 0) is 16.1 Å². The van der Waals surface area contributed by atoms with Gasteiger partial charge in [0, 0.05) is 19.6 Å². The lowest BCUT2D eigenvalue weighted by Gasteiger charge is -2.30. The highest BCUT2D eigenvalue weighted by atomic mass is 16.5. The topological polar surface area (TPSA) is 111 Å². The van der Waals surface area contributed by atoms with E-state index in [1.54, 1.807) is 23.1 Å². The minimum Gasteiger partial charge on any atom is -0.505 e. The summed E-state index contributed by atoms with van der Waals surface area (Å²) in [5.74, 6) is -1.01. The lowest BCUT2D eigenvalue weighted by atomic mass is 9.94. The van der Waals surface area contributed by atoms with Crippen molar-refractivity contribution < 1.29 is 24.5 Å². The number of aliphatic hydroxyl groups is 1. The molecule has 2 aliphatic rings. The van der Waals surface area contributed by atoms with Crippen LogP contribution >= 0.6 is 0 Å². The van der Waals surface area contributed by atoms with Crippen LogP contribution in [-0.4, -0.2) is 59.2 Å². The zero-order valence-electron chi connectivity index (χ0n) is 16.3. The summed E-state index contributed by atoms with van der Waals surface area (Å²) < 4.78 is 5.26. The molecule has 0 aromatic heterocycles. The fourth-order valence-electron chi connectivity index (χ4n) is 3.46. The number of phenolic OH excluding ortho intramolecular Hbond substituents is 1. The summed E-state index contributed by atoms with van der Waals surface area (Å²) in [6.07, 6.45) is -1.24. The van der Waals surface area contributed by atoms with E-state index in [4.69, 9.17) is 4.74 Å². The molecule has 1 unspecified atom stereocenters. The Labute approximate surface area is 173 Å². The van der Waals surface area contributed by atoms with E-state index in [1.807, 2.05) is 30.3 Å². The fourth-order valence-corrected chi connectivity index (χ4v) is 3.46. The van der Waals surface area contributed by atoms with Gasteiger partial charge < -0.3 is 30.5 Å². The molecule has 1 saturated heterocycles. The first kappa shape index (κ1) is 19.9. The second kappa shape index (κ2) is 8.56. The van der Waals surface area contributed by atoms with Crippen molar-refractivity contribution in [2.24, 2.45) is 0 Å². The standard InChI is InChI=1S/C22H23N3O5/c26-19-15(22(29)25-9-11-30-12-10-25)7-4-8-16(19)24-18-17(20(27)21(18)28)23-13-14-5-2-1-3-6-14/h1-8,20,23-24,26-27H,9-13H2. The summed E-state index contributed by atoms with van der Waals surface area (Å²) in [6, 6.07) is 14.3. The Bertz CT molecular complexity index is 984.